The van der Waals surface area contributed by atoms with E-state index in [1.54, 1.807) is 0 Å². The van der Waals surface area contributed by atoms with Gasteiger partial charge in [0.05, 0.1) is 5.70 Å². The fourth-order valence-electron chi connectivity index (χ4n) is 8.01. The molecule has 2 aliphatic carbocycles. The Hall–Kier alpha value is -1.95. The number of aliphatic imine (C=N–C) groups is 1. The van der Waals surface area contributed by atoms with E-state index < -0.39 is 7.40 Å². The molecule has 238 valence electrons. The highest BCUT2D eigenvalue weighted by Crippen LogP contribution is 2.44. The zero-order valence-corrected chi connectivity index (χ0v) is 29.1. The number of nitrogens with zero attached hydrogens (tertiary/aromatic N) is 2. The zero-order valence-electron chi connectivity index (χ0n) is 27.5. The Morgan fingerprint density at radius 1 is 0.682 bits per heavy atom. The van der Waals surface area contributed by atoms with Crippen molar-refractivity contribution in [3.63, 3.8) is 0 Å². The molecule has 2 heterocycles. The van der Waals surface area contributed by atoms with Crippen LogP contribution in [0.1, 0.15) is 156 Å². The zero-order chi connectivity index (χ0) is 31.1. The van der Waals surface area contributed by atoms with E-state index in [2.05, 4.69) is 48.0 Å². The first kappa shape index (κ1) is 33.4. The Balaban J connectivity index is 1.78. The lowest BCUT2D eigenvalue weighted by molar-refractivity contribution is 0.560. The monoisotopic (exact) mass is 664 g/mol. The smallest absolute Gasteiger partial charge is 0.329 e. The van der Waals surface area contributed by atoms with Gasteiger partial charge in [0.1, 0.15) is 0 Å². The highest BCUT2D eigenvalue weighted by Gasteiger charge is 2.34. The van der Waals surface area contributed by atoms with E-state index in [9.17, 15) is 0 Å². The molecule has 0 saturated heterocycles. The van der Waals surface area contributed by atoms with Crippen LogP contribution in [0.25, 0.3) is 5.57 Å². The summed E-state index contributed by atoms with van der Waals surface area (Å²) in [6, 6.07) is 6.34. The Kier molecular flexibility index (Phi) is 12.2. The standard InChI is InChI=1S/C38H52BBrF2N2/c1-27-26-30(40)24-25-31(27)36(37-34-22-18-14-10-6-4-8-12-16-20-32(34)28(2)43-37)38-35-23-19-15-11-7-5-9-13-17-21-33(35)29(3)44(38)39(41)42/h24-26H,4-23H2,1-3H3/b37-36-. The largest absolute Gasteiger partial charge is 0.677 e. The van der Waals surface area contributed by atoms with Gasteiger partial charge in [0.25, 0.3) is 0 Å². The van der Waals surface area contributed by atoms with Gasteiger partial charge in [-0.25, -0.2) is 0 Å². The maximum Gasteiger partial charge on any atom is 0.677 e. The quantitative estimate of drug-likeness (QED) is 0.291. The first-order valence-electron chi connectivity index (χ1n) is 17.7. The summed E-state index contributed by atoms with van der Waals surface area (Å²) in [5, 5.41) is 0. The third-order valence-electron chi connectivity index (χ3n) is 10.4. The van der Waals surface area contributed by atoms with Crippen molar-refractivity contribution in [2.75, 3.05) is 0 Å². The maximum atomic E-state index is 15.4. The average Bonchev–Trinajstić information content (AvgIpc) is 3.42. The summed E-state index contributed by atoms with van der Waals surface area (Å²) in [5.41, 5.74) is 11.6. The molecule has 0 bridgehead atoms. The van der Waals surface area contributed by atoms with Crippen LogP contribution in [0.4, 0.5) is 8.63 Å². The normalized spacial score (nSPS) is 20.8. The first-order valence-corrected chi connectivity index (χ1v) is 18.5. The average molecular weight is 666 g/mol. The van der Waals surface area contributed by atoms with Crippen LogP contribution in [-0.2, 0) is 12.8 Å². The number of halogens is 3. The fraction of sp³-hybridized carbons (Fsp3) is 0.605. The molecule has 0 atom stereocenters. The van der Waals surface area contributed by atoms with Gasteiger partial charge < -0.3 is 4.48 Å². The van der Waals surface area contributed by atoms with E-state index in [0.717, 1.165) is 101 Å². The molecular formula is C38H52BBrF2N2. The summed E-state index contributed by atoms with van der Waals surface area (Å²) < 4.78 is 33.2. The van der Waals surface area contributed by atoms with Crippen LogP contribution in [0, 0.1) is 13.8 Å². The van der Waals surface area contributed by atoms with Crippen LogP contribution in [0.2, 0.25) is 0 Å². The summed E-state index contributed by atoms with van der Waals surface area (Å²) in [5.74, 6) is 0. The van der Waals surface area contributed by atoms with Crippen LogP contribution in [0.15, 0.2) is 44.5 Å². The van der Waals surface area contributed by atoms with Gasteiger partial charge in [0, 0.05) is 27.1 Å². The first-order chi connectivity index (χ1) is 21.4. The Bertz CT molecular complexity index is 1400. The van der Waals surface area contributed by atoms with Crippen molar-refractivity contribution in [3.05, 3.63) is 73.2 Å². The molecule has 5 rings (SSSR count). The van der Waals surface area contributed by atoms with Gasteiger partial charge >= 0.3 is 7.40 Å². The molecule has 3 aliphatic rings. The highest BCUT2D eigenvalue weighted by molar-refractivity contribution is 9.10. The van der Waals surface area contributed by atoms with Gasteiger partial charge in [-0.1, -0.05) is 99.0 Å². The van der Waals surface area contributed by atoms with E-state index in [1.807, 2.05) is 6.92 Å². The molecule has 0 amide bonds. The number of allylic oxidation sites excluding steroid dienone is 2. The van der Waals surface area contributed by atoms with Crippen molar-refractivity contribution in [2.45, 2.75) is 149 Å². The number of hydrogen-bond acceptors (Lipinski definition) is 1. The molecule has 0 radical (unpaired) electrons. The summed E-state index contributed by atoms with van der Waals surface area (Å²) in [6.07, 6.45) is 23.3. The Morgan fingerprint density at radius 3 is 1.73 bits per heavy atom. The van der Waals surface area contributed by atoms with Gasteiger partial charge in [-0.2, -0.15) is 0 Å². The van der Waals surface area contributed by atoms with Gasteiger partial charge in [0.2, 0.25) is 0 Å². The Labute approximate surface area is 274 Å². The van der Waals surface area contributed by atoms with Gasteiger partial charge in [-0.15, -0.1) is 0 Å². The second-order valence-corrected chi connectivity index (χ2v) is 14.4. The summed E-state index contributed by atoms with van der Waals surface area (Å²) in [4.78, 5) is 5.35. The molecule has 0 unspecified atom stereocenters. The van der Waals surface area contributed by atoms with Crippen LogP contribution < -0.4 is 0 Å². The number of aryl methyl sites for hydroxylation is 1. The Morgan fingerprint density at radius 2 is 1.18 bits per heavy atom. The maximum absolute atomic E-state index is 15.4. The summed E-state index contributed by atoms with van der Waals surface area (Å²) >= 11 is 3.67. The fourth-order valence-corrected chi connectivity index (χ4v) is 8.49. The van der Waals surface area contributed by atoms with E-state index in [-0.39, 0.29) is 0 Å². The lowest BCUT2D eigenvalue weighted by atomic mass is 9.86. The third-order valence-corrected chi connectivity index (χ3v) is 10.9. The number of fused-ring (bicyclic) bond motifs is 1. The van der Waals surface area contributed by atoms with Crippen LogP contribution in [0.5, 0.6) is 0 Å². The van der Waals surface area contributed by atoms with Crippen LogP contribution >= 0.6 is 15.9 Å². The molecule has 2 nitrogen and oxygen atoms in total. The predicted octanol–water partition coefficient (Wildman–Crippen LogP) is 12.3. The molecule has 1 aliphatic heterocycles. The third kappa shape index (κ3) is 7.70. The second-order valence-electron chi connectivity index (χ2n) is 13.5. The SMILES string of the molecule is CC1=N/C(=C(/c2ccc(Br)cc2C)c2c3c(c(C)n2B(F)F)CCCCCCCCCC3)C2=C1CCCCCCCCCC2. The lowest BCUT2D eigenvalue weighted by Crippen LogP contribution is -2.19. The lowest BCUT2D eigenvalue weighted by Gasteiger charge is -2.21. The van der Waals surface area contributed by atoms with E-state index >= 15 is 8.63 Å². The second kappa shape index (κ2) is 16.1. The van der Waals surface area contributed by atoms with Crippen molar-refractivity contribution in [1.29, 1.82) is 0 Å². The molecule has 0 spiro atoms. The number of hydrogen-bond donors (Lipinski definition) is 0. The van der Waals surface area contributed by atoms with E-state index in [4.69, 9.17) is 4.99 Å². The van der Waals surface area contributed by atoms with Crippen molar-refractivity contribution < 1.29 is 8.63 Å². The highest BCUT2D eigenvalue weighted by atomic mass is 79.9. The number of aromatic nitrogens is 1. The molecule has 0 N–H and O–H groups in total. The van der Waals surface area contributed by atoms with Gasteiger partial charge in [-0.3, -0.25) is 13.6 Å². The molecule has 0 fully saturated rings. The molecule has 2 aromatic rings. The van der Waals surface area contributed by atoms with Crippen molar-refractivity contribution in [2.24, 2.45) is 4.99 Å². The minimum absolute atomic E-state index is 0.737. The van der Waals surface area contributed by atoms with Crippen LogP contribution in [-0.4, -0.2) is 17.6 Å². The van der Waals surface area contributed by atoms with E-state index in [0.29, 0.717) is 0 Å². The topological polar surface area (TPSA) is 17.3 Å². The summed E-state index contributed by atoms with van der Waals surface area (Å²) in [6.45, 7) is 6.22. The predicted molar refractivity (Wildman–Crippen MR) is 188 cm³/mol. The number of rotatable bonds is 3. The molecule has 0 saturated carbocycles. The van der Waals surface area contributed by atoms with Crippen LogP contribution in [0.3, 0.4) is 0 Å². The summed E-state index contributed by atoms with van der Waals surface area (Å²) in [7, 11) is -2.60. The van der Waals surface area contributed by atoms with E-state index in [1.165, 1.54) is 98.2 Å². The molecule has 1 aromatic carbocycles. The van der Waals surface area contributed by atoms with Crippen molar-refractivity contribution >= 4 is 34.6 Å². The molecule has 44 heavy (non-hydrogen) atoms. The van der Waals surface area contributed by atoms with Gasteiger partial charge in [-0.05, 0) is 118 Å². The molecule has 1 aromatic heterocycles. The number of benzene rings is 1. The molecular weight excluding hydrogens is 613 g/mol. The minimum atomic E-state index is -2.60. The van der Waals surface area contributed by atoms with Gasteiger partial charge in [0.15, 0.2) is 0 Å². The van der Waals surface area contributed by atoms with Crippen molar-refractivity contribution in [3.8, 4) is 0 Å². The minimum Gasteiger partial charge on any atom is -0.329 e. The van der Waals surface area contributed by atoms with Crippen molar-refractivity contribution in [1.82, 2.24) is 4.48 Å². The molecule has 6 heteroatoms.